The van der Waals surface area contributed by atoms with E-state index in [1.807, 2.05) is 61.5 Å². The number of hydrogen-bond donors (Lipinski definition) is 3. The lowest BCUT2D eigenvalue weighted by Crippen LogP contribution is -2.47. The number of fused-ring (bicyclic) bond motifs is 1. The van der Waals surface area contributed by atoms with Crippen molar-refractivity contribution >= 4 is 29.1 Å². The highest BCUT2D eigenvalue weighted by Crippen LogP contribution is 2.19. The number of carbonyl (C=O) groups is 2. The van der Waals surface area contributed by atoms with Crippen molar-refractivity contribution in [3.63, 3.8) is 0 Å². The molecule has 0 fully saturated rings. The van der Waals surface area contributed by atoms with E-state index in [1.165, 1.54) is 0 Å². The molecule has 7 nitrogen and oxygen atoms in total. The molecule has 3 rings (SSSR count). The topological polar surface area (TPSA) is 95.6 Å². The second kappa shape index (κ2) is 9.54. The first kappa shape index (κ1) is 20.1. The Hall–Kier alpha value is -3.61. The van der Waals surface area contributed by atoms with Gasteiger partial charge in [-0.25, -0.2) is 10.2 Å². The van der Waals surface area contributed by atoms with Gasteiger partial charge in [0.1, 0.15) is 6.04 Å². The summed E-state index contributed by atoms with van der Waals surface area (Å²) in [6.45, 7) is 3.88. The van der Waals surface area contributed by atoms with E-state index >= 15 is 0 Å². The van der Waals surface area contributed by atoms with E-state index in [4.69, 9.17) is 4.74 Å². The highest BCUT2D eigenvalue weighted by Gasteiger charge is 2.21. The SMILES string of the molecule is CCOC(=O)N[C@H](Cc1ccccc1)C(=O)N/N=C\c1c(C)[nH]c2ccccc12. The average Bonchev–Trinajstić information content (AvgIpc) is 3.04. The van der Waals surface area contributed by atoms with Gasteiger partial charge in [-0.3, -0.25) is 4.79 Å². The zero-order chi connectivity index (χ0) is 20.6. The van der Waals surface area contributed by atoms with Crippen molar-refractivity contribution < 1.29 is 14.3 Å². The van der Waals surface area contributed by atoms with E-state index in [9.17, 15) is 9.59 Å². The number of aryl methyl sites for hydroxylation is 1. The quantitative estimate of drug-likeness (QED) is 0.425. The van der Waals surface area contributed by atoms with Gasteiger partial charge in [0.05, 0.1) is 12.8 Å². The lowest BCUT2D eigenvalue weighted by Gasteiger charge is -2.16. The van der Waals surface area contributed by atoms with Gasteiger partial charge in [0.25, 0.3) is 5.91 Å². The summed E-state index contributed by atoms with van der Waals surface area (Å²) in [5, 5.41) is 7.72. The van der Waals surface area contributed by atoms with E-state index in [2.05, 4.69) is 20.8 Å². The molecule has 0 saturated carbocycles. The summed E-state index contributed by atoms with van der Waals surface area (Å²) in [5.74, 6) is -0.421. The van der Waals surface area contributed by atoms with Gasteiger partial charge >= 0.3 is 6.09 Å². The van der Waals surface area contributed by atoms with Crippen LogP contribution < -0.4 is 10.7 Å². The van der Waals surface area contributed by atoms with E-state index in [1.54, 1.807) is 13.1 Å². The summed E-state index contributed by atoms with van der Waals surface area (Å²) >= 11 is 0. The van der Waals surface area contributed by atoms with Gasteiger partial charge in [-0.15, -0.1) is 0 Å². The third-order valence-electron chi connectivity index (χ3n) is 4.48. The van der Waals surface area contributed by atoms with Crippen LogP contribution in [0.2, 0.25) is 0 Å². The van der Waals surface area contributed by atoms with Crippen LogP contribution in [0.25, 0.3) is 10.9 Å². The lowest BCUT2D eigenvalue weighted by atomic mass is 10.1. The normalized spacial score (nSPS) is 12.1. The minimum absolute atomic E-state index is 0.226. The molecule has 3 N–H and O–H groups in total. The molecule has 1 atom stereocenters. The van der Waals surface area contributed by atoms with Crippen LogP contribution in [-0.4, -0.2) is 35.8 Å². The zero-order valence-electron chi connectivity index (χ0n) is 16.4. The first-order chi connectivity index (χ1) is 14.1. The minimum Gasteiger partial charge on any atom is -0.450 e. The summed E-state index contributed by atoms with van der Waals surface area (Å²) in [6, 6.07) is 16.5. The highest BCUT2D eigenvalue weighted by molar-refractivity contribution is 6.01. The smallest absolute Gasteiger partial charge is 0.407 e. The Morgan fingerprint density at radius 3 is 2.62 bits per heavy atom. The largest absolute Gasteiger partial charge is 0.450 e. The summed E-state index contributed by atoms with van der Waals surface area (Å²) in [4.78, 5) is 27.8. The van der Waals surface area contributed by atoms with Gasteiger partial charge in [-0.1, -0.05) is 48.5 Å². The first-order valence-electron chi connectivity index (χ1n) is 9.46. The van der Waals surface area contributed by atoms with E-state index in [0.717, 1.165) is 27.7 Å². The molecule has 2 amide bonds. The fraction of sp³-hybridized carbons (Fsp3) is 0.227. The van der Waals surface area contributed by atoms with Crippen LogP contribution in [0, 0.1) is 6.92 Å². The number of hydrogen-bond acceptors (Lipinski definition) is 4. The summed E-state index contributed by atoms with van der Waals surface area (Å²) in [5.41, 5.74) is 6.30. The summed E-state index contributed by atoms with van der Waals surface area (Å²) in [7, 11) is 0. The predicted octanol–water partition coefficient (Wildman–Crippen LogP) is 3.28. The molecule has 29 heavy (non-hydrogen) atoms. The number of amides is 2. The van der Waals surface area contributed by atoms with Crippen LogP contribution in [-0.2, 0) is 16.0 Å². The number of nitrogens with zero attached hydrogens (tertiary/aromatic N) is 1. The molecule has 1 heterocycles. The third-order valence-corrected chi connectivity index (χ3v) is 4.48. The van der Waals surface area contributed by atoms with E-state index in [-0.39, 0.29) is 6.61 Å². The first-order valence-corrected chi connectivity index (χ1v) is 9.46. The highest BCUT2D eigenvalue weighted by atomic mass is 16.5. The Morgan fingerprint density at radius 2 is 1.86 bits per heavy atom. The monoisotopic (exact) mass is 392 g/mol. The van der Waals surface area contributed by atoms with Crippen molar-refractivity contribution in [2.24, 2.45) is 5.10 Å². The number of ether oxygens (including phenoxy) is 1. The van der Waals surface area contributed by atoms with Crippen LogP contribution in [0.1, 0.15) is 23.7 Å². The van der Waals surface area contributed by atoms with Crippen molar-refractivity contribution in [1.29, 1.82) is 0 Å². The van der Waals surface area contributed by atoms with Gasteiger partial charge in [0.2, 0.25) is 0 Å². The molecule has 1 aromatic heterocycles. The number of H-pyrrole nitrogens is 1. The van der Waals surface area contributed by atoms with E-state index in [0.29, 0.717) is 6.42 Å². The second-order valence-corrected chi connectivity index (χ2v) is 6.55. The number of aromatic nitrogens is 1. The molecule has 150 valence electrons. The van der Waals surface area contributed by atoms with Crippen LogP contribution in [0.5, 0.6) is 0 Å². The molecule has 0 radical (unpaired) electrons. The van der Waals surface area contributed by atoms with Crippen LogP contribution in [0.3, 0.4) is 0 Å². The Bertz CT molecular complexity index is 1010. The van der Waals surface area contributed by atoms with Crippen LogP contribution in [0.15, 0.2) is 59.7 Å². The number of benzene rings is 2. The third kappa shape index (κ3) is 5.22. The van der Waals surface area contributed by atoms with Crippen molar-refractivity contribution in [2.75, 3.05) is 6.61 Å². The molecule has 0 aliphatic carbocycles. The van der Waals surface area contributed by atoms with Gasteiger partial charge in [0, 0.05) is 28.6 Å². The second-order valence-electron chi connectivity index (χ2n) is 6.55. The predicted molar refractivity (Wildman–Crippen MR) is 113 cm³/mol. The number of aromatic amines is 1. The standard InChI is InChI=1S/C22H24N4O3/c1-3-29-22(28)25-20(13-16-9-5-4-6-10-16)21(27)26-23-14-18-15(2)24-19-12-8-7-11-17(18)19/h4-12,14,20,24H,3,13H2,1-2H3,(H,25,28)(H,26,27)/b23-14-/t20-/m1/s1. The maximum atomic E-state index is 12.7. The van der Waals surface area contributed by atoms with Gasteiger partial charge in [0.15, 0.2) is 0 Å². The summed E-state index contributed by atoms with van der Waals surface area (Å²) < 4.78 is 4.91. The molecule has 3 aromatic rings. The van der Waals surface area contributed by atoms with Gasteiger partial charge in [-0.05, 0) is 25.5 Å². The van der Waals surface area contributed by atoms with Crippen molar-refractivity contribution in [3.8, 4) is 0 Å². The molecule has 0 aliphatic heterocycles. The van der Waals surface area contributed by atoms with Crippen molar-refractivity contribution in [2.45, 2.75) is 26.3 Å². The molecule has 0 bridgehead atoms. The molecule has 0 spiro atoms. The van der Waals surface area contributed by atoms with Gasteiger partial charge in [-0.2, -0.15) is 5.10 Å². The van der Waals surface area contributed by atoms with Gasteiger partial charge < -0.3 is 15.0 Å². The molecule has 0 aliphatic rings. The van der Waals surface area contributed by atoms with Crippen molar-refractivity contribution in [3.05, 3.63) is 71.4 Å². The number of rotatable bonds is 7. The van der Waals surface area contributed by atoms with Crippen molar-refractivity contribution in [1.82, 2.24) is 15.7 Å². The Morgan fingerprint density at radius 1 is 1.14 bits per heavy atom. The number of nitrogens with one attached hydrogen (secondary N) is 3. The molecule has 0 saturated heterocycles. The fourth-order valence-corrected chi connectivity index (χ4v) is 3.08. The molecular weight excluding hydrogens is 368 g/mol. The number of hydrazone groups is 1. The molecule has 0 unspecified atom stereocenters. The minimum atomic E-state index is -0.808. The number of para-hydroxylation sites is 1. The lowest BCUT2D eigenvalue weighted by molar-refractivity contribution is -0.123. The number of carbonyl (C=O) groups excluding carboxylic acids is 2. The Labute approximate surface area is 169 Å². The van der Waals surface area contributed by atoms with Crippen LogP contribution in [0.4, 0.5) is 4.79 Å². The molecular formula is C22H24N4O3. The maximum Gasteiger partial charge on any atom is 0.407 e. The average molecular weight is 392 g/mol. The maximum absolute atomic E-state index is 12.7. The Balaban J connectivity index is 1.72. The molecule has 7 heteroatoms. The molecule has 2 aromatic carbocycles. The van der Waals surface area contributed by atoms with Crippen LogP contribution >= 0.6 is 0 Å². The number of alkyl carbamates (subject to hydrolysis) is 1. The zero-order valence-corrected chi connectivity index (χ0v) is 16.4. The van der Waals surface area contributed by atoms with E-state index < -0.39 is 18.0 Å². The fourth-order valence-electron chi connectivity index (χ4n) is 3.08. The summed E-state index contributed by atoms with van der Waals surface area (Å²) in [6.07, 6.45) is 1.29. The Kier molecular flexibility index (Phi) is 6.63.